The number of rotatable bonds is 5. The molecule has 1 saturated heterocycles. The Morgan fingerprint density at radius 2 is 1.95 bits per heavy atom. The van der Waals surface area contributed by atoms with Gasteiger partial charge in [0.25, 0.3) is 0 Å². The van der Waals surface area contributed by atoms with E-state index in [-0.39, 0.29) is 6.09 Å². The van der Waals surface area contributed by atoms with E-state index in [2.05, 4.69) is 19.2 Å². The van der Waals surface area contributed by atoms with Gasteiger partial charge in [-0.2, -0.15) is 0 Å². The van der Waals surface area contributed by atoms with Crippen molar-refractivity contribution in [2.45, 2.75) is 59.1 Å². The highest BCUT2D eigenvalue weighted by Crippen LogP contribution is 2.45. The smallest absolute Gasteiger partial charge is 0.410 e. The number of fused-ring (bicyclic) bond motifs is 1. The predicted octanol–water partition coefficient (Wildman–Crippen LogP) is 2.88. The van der Waals surface area contributed by atoms with Gasteiger partial charge in [-0.1, -0.05) is 20.3 Å². The fourth-order valence-electron chi connectivity index (χ4n) is 3.24. The molecule has 0 aromatic rings. The number of likely N-dealkylation sites (tertiary alicyclic amines) is 1. The Morgan fingerprint density at radius 3 is 2.45 bits per heavy atom. The van der Waals surface area contributed by atoms with E-state index < -0.39 is 5.60 Å². The Labute approximate surface area is 123 Å². The van der Waals surface area contributed by atoms with Gasteiger partial charge >= 0.3 is 6.09 Å². The summed E-state index contributed by atoms with van der Waals surface area (Å²) < 4.78 is 5.42. The quantitative estimate of drug-likeness (QED) is 0.843. The van der Waals surface area contributed by atoms with Gasteiger partial charge in [0.2, 0.25) is 0 Å². The maximum Gasteiger partial charge on any atom is 0.410 e. The summed E-state index contributed by atoms with van der Waals surface area (Å²) in [5.74, 6) is 2.05. The van der Waals surface area contributed by atoms with Crippen LogP contribution in [0.1, 0.15) is 47.5 Å². The first-order valence-electron chi connectivity index (χ1n) is 8.03. The zero-order valence-corrected chi connectivity index (χ0v) is 13.6. The molecule has 1 heterocycles. The molecule has 0 radical (unpaired) electrons. The Hall–Kier alpha value is -0.770. The van der Waals surface area contributed by atoms with Crippen LogP contribution in [0.4, 0.5) is 4.79 Å². The van der Waals surface area contributed by atoms with Crippen molar-refractivity contribution in [2.24, 2.45) is 17.8 Å². The van der Waals surface area contributed by atoms with Gasteiger partial charge in [-0.15, -0.1) is 0 Å². The van der Waals surface area contributed by atoms with E-state index >= 15 is 0 Å². The lowest BCUT2D eigenvalue weighted by Gasteiger charge is -2.26. The number of nitrogens with one attached hydrogen (secondary N) is 1. The second-order valence-corrected chi connectivity index (χ2v) is 7.54. The molecule has 4 heteroatoms. The molecule has 3 unspecified atom stereocenters. The highest BCUT2D eigenvalue weighted by atomic mass is 16.6. The Morgan fingerprint density at radius 1 is 1.35 bits per heavy atom. The number of amides is 1. The lowest BCUT2D eigenvalue weighted by Crippen LogP contribution is -2.39. The lowest BCUT2D eigenvalue weighted by atomic mass is 10.1. The molecular weight excluding hydrogens is 252 g/mol. The van der Waals surface area contributed by atoms with Crippen LogP contribution < -0.4 is 5.32 Å². The van der Waals surface area contributed by atoms with E-state index in [9.17, 15) is 4.79 Å². The fraction of sp³-hybridized carbons (Fsp3) is 0.938. The maximum atomic E-state index is 12.0. The first-order chi connectivity index (χ1) is 9.31. The van der Waals surface area contributed by atoms with Gasteiger partial charge in [-0.25, -0.2) is 4.79 Å². The summed E-state index contributed by atoms with van der Waals surface area (Å²) in [5.41, 5.74) is -0.392. The van der Waals surface area contributed by atoms with Crippen molar-refractivity contribution in [3.8, 4) is 0 Å². The van der Waals surface area contributed by atoms with E-state index in [1.54, 1.807) is 0 Å². The monoisotopic (exact) mass is 282 g/mol. The van der Waals surface area contributed by atoms with E-state index in [0.29, 0.717) is 17.9 Å². The number of hydrogen-bond donors (Lipinski definition) is 1. The van der Waals surface area contributed by atoms with Crippen LogP contribution in [0.25, 0.3) is 0 Å². The third-order valence-electron chi connectivity index (χ3n) is 4.33. The fourth-order valence-corrected chi connectivity index (χ4v) is 3.24. The van der Waals surface area contributed by atoms with Crippen molar-refractivity contribution >= 4 is 6.09 Å². The molecular formula is C16H30N2O2. The molecule has 0 aromatic carbocycles. The first kappa shape index (κ1) is 15.6. The van der Waals surface area contributed by atoms with Crippen LogP contribution >= 0.6 is 0 Å². The number of nitrogens with zero attached hydrogens (tertiary/aromatic N) is 1. The van der Waals surface area contributed by atoms with Gasteiger partial charge in [-0.3, -0.25) is 0 Å². The van der Waals surface area contributed by atoms with Crippen LogP contribution in [0.5, 0.6) is 0 Å². The number of ether oxygens (including phenoxy) is 1. The Balaban J connectivity index is 1.67. The third kappa shape index (κ3) is 3.87. The molecule has 1 amide bonds. The van der Waals surface area contributed by atoms with Gasteiger partial charge in [-0.05, 0) is 51.5 Å². The van der Waals surface area contributed by atoms with E-state index in [1.807, 2.05) is 25.7 Å². The molecule has 3 atom stereocenters. The summed E-state index contributed by atoms with van der Waals surface area (Å²) in [6.07, 6.45) is 2.40. The van der Waals surface area contributed by atoms with Crippen molar-refractivity contribution < 1.29 is 9.53 Å². The summed E-state index contributed by atoms with van der Waals surface area (Å²) in [5, 5.41) is 3.67. The molecule has 2 aliphatic rings. The molecule has 1 N–H and O–H groups in total. The summed E-state index contributed by atoms with van der Waals surface area (Å²) in [7, 11) is 0. The number of carbonyl (C=O) groups excluding carboxylic acids is 1. The van der Waals surface area contributed by atoms with Gasteiger partial charge in [0.05, 0.1) is 0 Å². The summed E-state index contributed by atoms with van der Waals surface area (Å²) >= 11 is 0. The summed E-state index contributed by atoms with van der Waals surface area (Å²) in [6, 6.07) is 0.632. The molecule has 1 aliphatic carbocycles. The first-order valence-corrected chi connectivity index (χ1v) is 8.03. The van der Waals surface area contributed by atoms with Crippen LogP contribution in [0.3, 0.4) is 0 Å². The van der Waals surface area contributed by atoms with Crippen LogP contribution in [0.2, 0.25) is 0 Å². The van der Waals surface area contributed by atoms with Crippen molar-refractivity contribution in [2.75, 3.05) is 19.6 Å². The standard InChI is InChI=1S/C16H30N2O2/c1-6-7-11(2)8-17-14-12-9-18(10-13(12)14)15(19)20-16(3,4)5/h11-14,17H,6-10H2,1-5H3. The minimum absolute atomic E-state index is 0.150. The zero-order chi connectivity index (χ0) is 14.9. The molecule has 0 aromatic heterocycles. The number of piperidine rings is 1. The minimum atomic E-state index is -0.392. The SMILES string of the molecule is CCCC(C)CNC1C2CN(C(=O)OC(C)(C)C)CC21. The van der Waals surface area contributed by atoms with Crippen LogP contribution in [0, 0.1) is 17.8 Å². The van der Waals surface area contributed by atoms with Gasteiger partial charge < -0.3 is 15.0 Å². The second-order valence-electron chi connectivity index (χ2n) is 7.54. The lowest BCUT2D eigenvalue weighted by molar-refractivity contribution is 0.0269. The van der Waals surface area contributed by atoms with Gasteiger partial charge in [0.15, 0.2) is 0 Å². The minimum Gasteiger partial charge on any atom is -0.444 e. The third-order valence-corrected chi connectivity index (χ3v) is 4.33. The highest BCUT2D eigenvalue weighted by molar-refractivity contribution is 5.69. The average molecular weight is 282 g/mol. The predicted molar refractivity (Wildman–Crippen MR) is 80.6 cm³/mol. The normalized spacial score (nSPS) is 30.1. The topological polar surface area (TPSA) is 41.6 Å². The second kappa shape index (κ2) is 5.92. The van der Waals surface area contributed by atoms with Crippen LogP contribution in [-0.2, 0) is 4.74 Å². The molecule has 20 heavy (non-hydrogen) atoms. The van der Waals surface area contributed by atoms with Crippen molar-refractivity contribution in [3.05, 3.63) is 0 Å². The van der Waals surface area contributed by atoms with Crippen molar-refractivity contribution in [1.82, 2.24) is 10.2 Å². The van der Waals surface area contributed by atoms with E-state index in [1.165, 1.54) is 12.8 Å². The molecule has 1 aliphatic heterocycles. The molecule has 4 nitrogen and oxygen atoms in total. The van der Waals surface area contributed by atoms with E-state index in [0.717, 1.165) is 25.6 Å². The van der Waals surface area contributed by atoms with Crippen LogP contribution in [0.15, 0.2) is 0 Å². The molecule has 1 saturated carbocycles. The van der Waals surface area contributed by atoms with E-state index in [4.69, 9.17) is 4.74 Å². The summed E-state index contributed by atoms with van der Waals surface area (Å²) in [6.45, 7) is 13.1. The molecule has 116 valence electrons. The number of hydrogen-bond acceptors (Lipinski definition) is 3. The molecule has 0 bridgehead atoms. The Kier molecular flexibility index (Phi) is 4.62. The average Bonchev–Trinajstić information content (AvgIpc) is 2.77. The summed E-state index contributed by atoms with van der Waals surface area (Å²) in [4.78, 5) is 13.8. The molecule has 2 rings (SSSR count). The van der Waals surface area contributed by atoms with Gasteiger partial charge in [0, 0.05) is 19.1 Å². The molecule has 0 spiro atoms. The van der Waals surface area contributed by atoms with Gasteiger partial charge in [0.1, 0.15) is 5.60 Å². The molecule has 2 fully saturated rings. The largest absolute Gasteiger partial charge is 0.444 e. The zero-order valence-electron chi connectivity index (χ0n) is 13.6. The highest BCUT2D eigenvalue weighted by Gasteiger charge is 2.56. The Bertz CT molecular complexity index is 339. The maximum absolute atomic E-state index is 12.0. The van der Waals surface area contributed by atoms with Crippen LogP contribution in [-0.4, -0.2) is 42.3 Å². The number of carbonyl (C=O) groups is 1. The van der Waals surface area contributed by atoms with Crippen molar-refractivity contribution in [1.29, 1.82) is 0 Å². The van der Waals surface area contributed by atoms with Crippen molar-refractivity contribution in [3.63, 3.8) is 0 Å².